The molecule has 0 fully saturated rings. The molecular formula is C14H17BrClN3. The quantitative estimate of drug-likeness (QED) is 0.815. The van der Waals surface area contributed by atoms with Gasteiger partial charge in [-0.3, -0.25) is 9.97 Å². The van der Waals surface area contributed by atoms with Crippen molar-refractivity contribution < 1.29 is 0 Å². The monoisotopic (exact) mass is 341 g/mol. The maximum atomic E-state index is 5.82. The number of fused-ring (bicyclic) bond motifs is 1. The van der Waals surface area contributed by atoms with E-state index in [1.165, 1.54) is 0 Å². The minimum absolute atomic E-state index is 0.159. The van der Waals surface area contributed by atoms with E-state index < -0.39 is 0 Å². The summed E-state index contributed by atoms with van der Waals surface area (Å²) in [5.41, 5.74) is 2.95. The molecule has 0 unspecified atom stereocenters. The Bertz CT molecular complexity index is 572. The average Bonchev–Trinajstić information content (AvgIpc) is 2.36. The summed E-state index contributed by atoms with van der Waals surface area (Å²) in [5, 5.41) is 3.46. The molecule has 0 aliphatic rings. The van der Waals surface area contributed by atoms with E-state index in [1.807, 2.05) is 12.1 Å². The normalized spacial score (nSPS) is 11.8. The molecule has 2 aromatic rings. The highest BCUT2D eigenvalue weighted by Gasteiger charge is 2.17. The smallest absolute Gasteiger partial charge is 0.112 e. The number of nitrogens with one attached hydrogen (secondary N) is 1. The molecule has 102 valence electrons. The molecule has 0 spiro atoms. The van der Waals surface area contributed by atoms with Gasteiger partial charge < -0.3 is 5.32 Å². The SMILES string of the molecule is CC(C)(CCCl)CNc1ccnc2cc(Br)cnc12. The molecule has 1 N–H and O–H groups in total. The van der Waals surface area contributed by atoms with Crippen LogP contribution in [0.4, 0.5) is 5.69 Å². The Balaban J connectivity index is 2.21. The lowest BCUT2D eigenvalue weighted by atomic mass is 9.90. The highest BCUT2D eigenvalue weighted by molar-refractivity contribution is 9.10. The van der Waals surface area contributed by atoms with Gasteiger partial charge in [0.1, 0.15) is 5.52 Å². The third-order valence-electron chi connectivity index (χ3n) is 3.07. The molecule has 0 aliphatic carbocycles. The largest absolute Gasteiger partial charge is 0.383 e. The summed E-state index contributed by atoms with van der Waals surface area (Å²) in [6.07, 6.45) is 4.57. The average molecular weight is 343 g/mol. The first kappa shape index (κ1) is 14.5. The molecule has 2 aromatic heterocycles. The number of nitrogens with zero attached hydrogens (tertiary/aromatic N) is 2. The van der Waals surface area contributed by atoms with Crippen LogP contribution in [-0.2, 0) is 0 Å². The topological polar surface area (TPSA) is 37.8 Å². The van der Waals surface area contributed by atoms with Gasteiger partial charge in [-0.15, -0.1) is 11.6 Å². The molecule has 2 heterocycles. The fourth-order valence-electron chi connectivity index (χ4n) is 1.83. The molecule has 0 aliphatic heterocycles. The van der Waals surface area contributed by atoms with Crippen molar-refractivity contribution in [3.8, 4) is 0 Å². The van der Waals surface area contributed by atoms with Crippen molar-refractivity contribution in [1.82, 2.24) is 9.97 Å². The van der Waals surface area contributed by atoms with E-state index in [2.05, 4.69) is 45.1 Å². The Morgan fingerprint density at radius 2 is 2.16 bits per heavy atom. The van der Waals surface area contributed by atoms with E-state index in [4.69, 9.17) is 11.6 Å². The molecule has 5 heteroatoms. The summed E-state index contributed by atoms with van der Waals surface area (Å²) >= 11 is 9.24. The van der Waals surface area contributed by atoms with Crippen molar-refractivity contribution in [1.29, 1.82) is 0 Å². The molecule has 0 saturated carbocycles. The number of anilines is 1. The van der Waals surface area contributed by atoms with E-state index in [1.54, 1.807) is 12.4 Å². The fraction of sp³-hybridized carbons (Fsp3) is 0.429. The van der Waals surface area contributed by atoms with Gasteiger partial charge in [-0.25, -0.2) is 0 Å². The summed E-state index contributed by atoms with van der Waals surface area (Å²) in [5.74, 6) is 0.678. The van der Waals surface area contributed by atoms with Crippen LogP contribution in [0.25, 0.3) is 11.0 Å². The maximum Gasteiger partial charge on any atom is 0.112 e. The van der Waals surface area contributed by atoms with Crippen LogP contribution < -0.4 is 5.32 Å². The Labute approximate surface area is 126 Å². The van der Waals surface area contributed by atoms with Crippen molar-refractivity contribution in [2.24, 2.45) is 5.41 Å². The molecule has 0 saturated heterocycles. The second-order valence-electron chi connectivity index (χ2n) is 5.34. The van der Waals surface area contributed by atoms with Gasteiger partial charge in [0.15, 0.2) is 0 Å². The second kappa shape index (κ2) is 6.06. The number of alkyl halides is 1. The maximum absolute atomic E-state index is 5.82. The lowest BCUT2D eigenvalue weighted by Gasteiger charge is -2.24. The lowest BCUT2D eigenvalue weighted by Crippen LogP contribution is -2.23. The number of hydrogen-bond acceptors (Lipinski definition) is 3. The third kappa shape index (κ3) is 3.80. The zero-order valence-corrected chi connectivity index (χ0v) is 13.4. The third-order valence-corrected chi connectivity index (χ3v) is 3.70. The molecule has 0 radical (unpaired) electrons. The number of halogens is 2. The van der Waals surface area contributed by atoms with Gasteiger partial charge >= 0.3 is 0 Å². The van der Waals surface area contributed by atoms with Gasteiger partial charge in [-0.1, -0.05) is 13.8 Å². The van der Waals surface area contributed by atoms with E-state index >= 15 is 0 Å². The Morgan fingerprint density at radius 1 is 1.37 bits per heavy atom. The highest BCUT2D eigenvalue weighted by atomic mass is 79.9. The highest BCUT2D eigenvalue weighted by Crippen LogP contribution is 2.25. The van der Waals surface area contributed by atoms with Crippen LogP contribution in [0.1, 0.15) is 20.3 Å². The molecule has 2 rings (SSSR count). The van der Waals surface area contributed by atoms with Crippen LogP contribution in [0, 0.1) is 5.41 Å². The number of hydrogen-bond donors (Lipinski definition) is 1. The zero-order valence-electron chi connectivity index (χ0n) is 11.1. The molecule has 19 heavy (non-hydrogen) atoms. The van der Waals surface area contributed by atoms with E-state index in [9.17, 15) is 0 Å². The van der Waals surface area contributed by atoms with E-state index in [0.717, 1.165) is 34.2 Å². The van der Waals surface area contributed by atoms with Gasteiger partial charge in [-0.05, 0) is 39.9 Å². The standard InChI is InChI=1S/C14H17BrClN3/c1-14(2,4-5-16)9-19-11-3-6-17-12-7-10(15)8-18-13(11)12/h3,6-8H,4-5,9H2,1-2H3,(H,17,19). The van der Waals surface area contributed by atoms with Crippen LogP contribution in [0.2, 0.25) is 0 Å². The van der Waals surface area contributed by atoms with Gasteiger partial charge in [0, 0.05) is 29.3 Å². The van der Waals surface area contributed by atoms with Crippen molar-refractivity contribution in [3.05, 3.63) is 29.0 Å². The van der Waals surface area contributed by atoms with E-state index in [-0.39, 0.29) is 5.41 Å². The summed E-state index contributed by atoms with van der Waals surface area (Å²) in [4.78, 5) is 8.76. The number of aromatic nitrogens is 2. The molecule has 0 atom stereocenters. The minimum atomic E-state index is 0.159. The minimum Gasteiger partial charge on any atom is -0.383 e. The summed E-state index contributed by atoms with van der Waals surface area (Å²) in [7, 11) is 0. The lowest BCUT2D eigenvalue weighted by molar-refractivity contribution is 0.379. The number of pyridine rings is 2. The summed E-state index contributed by atoms with van der Waals surface area (Å²) < 4.78 is 0.937. The first-order valence-electron chi connectivity index (χ1n) is 6.22. The van der Waals surface area contributed by atoms with Crippen LogP contribution in [0.5, 0.6) is 0 Å². The summed E-state index contributed by atoms with van der Waals surface area (Å²) in [6.45, 7) is 5.27. The Kier molecular flexibility index (Phi) is 4.63. The van der Waals surface area contributed by atoms with Crippen LogP contribution in [-0.4, -0.2) is 22.4 Å². The van der Waals surface area contributed by atoms with Gasteiger partial charge in [0.25, 0.3) is 0 Å². The van der Waals surface area contributed by atoms with Gasteiger partial charge in [0.05, 0.1) is 11.2 Å². The molecule has 0 amide bonds. The van der Waals surface area contributed by atoms with Crippen molar-refractivity contribution in [2.75, 3.05) is 17.7 Å². The summed E-state index contributed by atoms with van der Waals surface area (Å²) in [6, 6.07) is 3.93. The predicted octanol–water partition coefficient (Wildman–Crippen LogP) is 4.46. The van der Waals surface area contributed by atoms with Gasteiger partial charge in [0.2, 0.25) is 0 Å². The van der Waals surface area contributed by atoms with Crippen LogP contribution >= 0.6 is 27.5 Å². The van der Waals surface area contributed by atoms with Crippen molar-refractivity contribution >= 4 is 44.3 Å². The Hall–Kier alpha value is -0.870. The fourth-order valence-corrected chi connectivity index (χ4v) is 2.66. The van der Waals surface area contributed by atoms with Crippen LogP contribution in [0.15, 0.2) is 29.0 Å². The first-order chi connectivity index (χ1) is 9.02. The molecular weight excluding hydrogens is 326 g/mol. The molecule has 3 nitrogen and oxygen atoms in total. The van der Waals surface area contributed by atoms with E-state index in [0.29, 0.717) is 5.88 Å². The zero-order chi connectivity index (χ0) is 13.9. The second-order valence-corrected chi connectivity index (χ2v) is 6.63. The Morgan fingerprint density at radius 3 is 2.89 bits per heavy atom. The molecule has 0 aromatic carbocycles. The number of rotatable bonds is 5. The van der Waals surface area contributed by atoms with Crippen LogP contribution in [0.3, 0.4) is 0 Å². The predicted molar refractivity (Wildman–Crippen MR) is 84.8 cm³/mol. The van der Waals surface area contributed by atoms with Gasteiger partial charge in [-0.2, -0.15) is 0 Å². The van der Waals surface area contributed by atoms with Crippen molar-refractivity contribution in [3.63, 3.8) is 0 Å². The molecule has 0 bridgehead atoms. The first-order valence-corrected chi connectivity index (χ1v) is 7.55. The van der Waals surface area contributed by atoms with Crippen molar-refractivity contribution in [2.45, 2.75) is 20.3 Å².